The molecule has 1 aliphatic rings. The lowest BCUT2D eigenvalue weighted by Crippen LogP contribution is -2.25. The van der Waals surface area contributed by atoms with Crippen molar-refractivity contribution in [2.75, 3.05) is 0 Å². The van der Waals surface area contributed by atoms with Gasteiger partial charge in [0.25, 0.3) is 5.78 Å². The molecule has 1 rings (SSSR count). The quantitative estimate of drug-likeness (QED) is 0.397. The van der Waals surface area contributed by atoms with Gasteiger partial charge < -0.3 is 5.73 Å². The van der Waals surface area contributed by atoms with Gasteiger partial charge in [0.05, 0.1) is 0 Å². The Labute approximate surface area is 50.0 Å². The number of ketones is 1. The molecule has 0 fully saturated rings. The van der Waals surface area contributed by atoms with Crippen LogP contribution in [-0.2, 0) is 4.79 Å². The molecule has 6 nitrogen and oxygen atoms in total. The molecule has 0 unspecified atom stereocenters. The number of nitrogens with two attached hydrogens (primary N) is 1. The Bertz CT molecular complexity index is 226. The van der Waals surface area contributed by atoms with Crippen molar-refractivity contribution in [3.05, 3.63) is 0 Å². The minimum absolute atomic E-state index is 0.247. The number of Topliss-reactive ketones (excluding diaryl/α,β-unsaturated/α-hetero) is 1. The Morgan fingerprint density at radius 2 is 2.22 bits per heavy atom. The summed E-state index contributed by atoms with van der Waals surface area (Å²) < 4.78 is 0. The zero-order valence-electron chi connectivity index (χ0n) is 4.27. The van der Waals surface area contributed by atoms with Gasteiger partial charge in [-0.15, -0.1) is 15.3 Å². The fourth-order valence-electron chi connectivity index (χ4n) is 0.372. The fourth-order valence-corrected chi connectivity index (χ4v) is 0.372. The van der Waals surface area contributed by atoms with E-state index in [2.05, 4.69) is 15.3 Å². The van der Waals surface area contributed by atoms with E-state index in [9.17, 15) is 4.79 Å². The predicted octanol–water partition coefficient (Wildman–Crippen LogP) is -1.51. The Balaban J connectivity index is 2.91. The smallest absolute Gasteiger partial charge is 0.270 e. The standard InChI is InChI=1S/C3H2N5O/c4-2-1(9)3(6-5)8-7-2/h(H2,4,7,9). The third kappa shape index (κ3) is 0.693. The van der Waals surface area contributed by atoms with E-state index in [1.807, 2.05) is 0 Å². The van der Waals surface area contributed by atoms with Gasteiger partial charge in [0, 0.05) is 0 Å². The molecule has 9 heavy (non-hydrogen) atoms. The van der Waals surface area contributed by atoms with Gasteiger partial charge in [-0.1, -0.05) is 0 Å². The Hall–Kier alpha value is -1.59. The molecule has 0 amide bonds. The van der Waals surface area contributed by atoms with E-state index in [4.69, 9.17) is 11.3 Å². The van der Waals surface area contributed by atoms with Gasteiger partial charge in [0.2, 0.25) is 5.84 Å². The van der Waals surface area contributed by atoms with Gasteiger partial charge in [0.1, 0.15) is 0 Å². The van der Waals surface area contributed by atoms with Crippen molar-refractivity contribution in [2.45, 2.75) is 0 Å². The van der Waals surface area contributed by atoms with E-state index < -0.39 is 5.78 Å². The molecule has 0 atom stereocenters. The molecule has 0 aliphatic carbocycles. The number of hydrogen-bond donors (Lipinski definition) is 1. The minimum Gasteiger partial charge on any atom is -0.379 e. The number of rotatable bonds is 0. The van der Waals surface area contributed by atoms with Crippen LogP contribution in [0.15, 0.2) is 15.3 Å². The topological polar surface area (TPSA) is 102 Å². The maximum absolute atomic E-state index is 10.5. The molecule has 1 radical (unpaired) electrons. The maximum atomic E-state index is 10.5. The van der Waals surface area contributed by atoms with Crippen LogP contribution in [0.1, 0.15) is 0 Å². The molecule has 6 heteroatoms. The Morgan fingerprint density at radius 3 is 2.44 bits per heavy atom. The summed E-state index contributed by atoms with van der Waals surface area (Å²) in [5.74, 6) is -1.26. The largest absolute Gasteiger partial charge is 0.379 e. The maximum Gasteiger partial charge on any atom is 0.270 e. The van der Waals surface area contributed by atoms with Crippen LogP contribution in [0.4, 0.5) is 0 Å². The summed E-state index contributed by atoms with van der Waals surface area (Å²) in [5, 5.41) is 8.80. The van der Waals surface area contributed by atoms with Gasteiger partial charge in [0.15, 0.2) is 5.84 Å². The summed E-state index contributed by atoms with van der Waals surface area (Å²) in [6.45, 7) is 0. The van der Waals surface area contributed by atoms with Crippen molar-refractivity contribution in [3.63, 3.8) is 0 Å². The zero-order chi connectivity index (χ0) is 6.85. The van der Waals surface area contributed by atoms with Crippen molar-refractivity contribution in [1.29, 1.82) is 0 Å². The SMILES string of the molecule is [N]=NC1=NN=C(N)C1=O. The predicted molar refractivity (Wildman–Crippen MR) is 28.6 cm³/mol. The Morgan fingerprint density at radius 1 is 1.56 bits per heavy atom. The van der Waals surface area contributed by atoms with E-state index in [0.29, 0.717) is 0 Å². The molecule has 0 aromatic carbocycles. The molecule has 0 aromatic heterocycles. The van der Waals surface area contributed by atoms with Crippen molar-refractivity contribution in [1.82, 2.24) is 5.53 Å². The summed E-state index contributed by atoms with van der Waals surface area (Å²) in [4.78, 5) is 10.5. The van der Waals surface area contributed by atoms with Crippen LogP contribution in [0, 0.1) is 0 Å². The molecule has 45 valence electrons. The number of carbonyl (C=O) groups excluding carboxylic acids is 1. The number of nitrogens with zero attached hydrogens (tertiary/aromatic N) is 4. The fraction of sp³-hybridized carbons (Fsp3) is 0. The first kappa shape index (κ1) is 5.54. The number of amidine groups is 2. The van der Waals surface area contributed by atoms with Gasteiger partial charge in [-0.3, -0.25) is 4.79 Å². The summed E-state index contributed by atoms with van der Waals surface area (Å²) in [7, 11) is 0. The first-order chi connectivity index (χ1) is 4.25. The van der Waals surface area contributed by atoms with Crippen molar-refractivity contribution < 1.29 is 4.79 Å². The van der Waals surface area contributed by atoms with Crippen molar-refractivity contribution in [2.24, 2.45) is 21.1 Å². The highest BCUT2D eigenvalue weighted by molar-refractivity contribution is 6.66. The van der Waals surface area contributed by atoms with Crippen molar-refractivity contribution in [3.8, 4) is 0 Å². The second-order valence-corrected chi connectivity index (χ2v) is 1.34. The molecular formula is C3H2N5O. The zero-order valence-corrected chi connectivity index (χ0v) is 4.27. The average Bonchev–Trinajstić information content (AvgIpc) is 2.15. The lowest BCUT2D eigenvalue weighted by atomic mass is 10.4. The number of hydrogen-bond acceptors (Lipinski definition) is 5. The molecule has 0 aromatic rings. The third-order valence-electron chi connectivity index (χ3n) is 0.783. The molecule has 0 saturated carbocycles. The minimum atomic E-state index is -0.641. The highest BCUT2D eigenvalue weighted by atomic mass is 16.1. The summed E-state index contributed by atoms with van der Waals surface area (Å²) >= 11 is 0. The van der Waals surface area contributed by atoms with Crippen LogP contribution in [0.25, 0.3) is 0 Å². The third-order valence-corrected chi connectivity index (χ3v) is 0.783. The van der Waals surface area contributed by atoms with Crippen LogP contribution in [0.2, 0.25) is 0 Å². The lowest BCUT2D eigenvalue weighted by Gasteiger charge is -1.81. The van der Waals surface area contributed by atoms with E-state index in [0.717, 1.165) is 0 Å². The molecule has 1 aliphatic heterocycles. The molecule has 2 N–H and O–H groups in total. The number of carbonyl (C=O) groups is 1. The first-order valence-corrected chi connectivity index (χ1v) is 2.06. The average molecular weight is 124 g/mol. The van der Waals surface area contributed by atoms with Crippen molar-refractivity contribution >= 4 is 17.5 Å². The molecule has 0 spiro atoms. The lowest BCUT2D eigenvalue weighted by molar-refractivity contribution is -0.107. The van der Waals surface area contributed by atoms with Gasteiger partial charge in [-0.05, 0) is 5.53 Å². The highest BCUT2D eigenvalue weighted by Gasteiger charge is 2.20. The molecule has 0 saturated heterocycles. The van der Waals surface area contributed by atoms with E-state index >= 15 is 0 Å². The van der Waals surface area contributed by atoms with Crippen LogP contribution >= 0.6 is 0 Å². The second-order valence-electron chi connectivity index (χ2n) is 1.34. The van der Waals surface area contributed by atoms with Gasteiger partial charge >= 0.3 is 0 Å². The monoisotopic (exact) mass is 124 g/mol. The summed E-state index contributed by atoms with van der Waals surface area (Å²) in [6, 6.07) is 0. The molecule has 1 heterocycles. The van der Waals surface area contributed by atoms with E-state index in [1.54, 1.807) is 0 Å². The Kier molecular flexibility index (Phi) is 1.07. The van der Waals surface area contributed by atoms with Gasteiger partial charge in [-0.2, -0.15) is 0 Å². The molecule has 0 bridgehead atoms. The van der Waals surface area contributed by atoms with E-state index in [1.165, 1.54) is 0 Å². The van der Waals surface area contributed by atoms with Gasteiger partial charge in [-0.25, -0.2) is 0 Å². The molecular weight excluding hydrogens is 122 g/mol. The van der Waals surface area contributed by atoms with E-state index in [-0.39, 0.29) is 11.7 Å². The highest BCUT2D eigenvalue weighted by Crippen LogP contribution is 1.93. The first-order valence-electron chi connectivity index (χ1n) is 2.06. The van der Waals surface area contributed by atoms with Crippen LogP contribution in [-0.4, -0.2) is 17.5 Å². The van der Waals surface area contributed by atoms with Crippen LogP contribution in [0.5, 0.6) is 0 Å². The normalized spacial score (nSPS) is 17.1. The van der Waals surface area contributed by atoms with Crippen LogP contribution in [0.3, 0.4) is 0 Å². The summed E-state index contributed by atoms with van der Waals surface area (Å²) in [6.07, 6.45) is 0. The van der Waals surface area contributed by atoms with Crippen LogP contribution < -0.4 is 11.3 Å². The second kappa shape index (κ2) is 1.73. The summed E-state index contributed by atoms with van der Waals surface area (Å²) in [5.41, 5.74) is 13.0.